The van der Waals surface area contributed by atoms with Gasteiger partial charge in [-0.15, -0.1) is 0 Å². The first-order valence-corrected chi connectivity index (χ1v) is 16.1. The van der Waals surface area contributed by atoms with E-state index in [0.29, 0.717) is 51.7 Å². The molecule has 1 aromatic rings. The number of hydrogen-bond donors (Lipinski definition) is 0. The third-order valence-corrected chi connectivity index (χ3v) is 11.4. The first kappa shape index (κ1) is 31.1. The van der Waals surface area contributed by atoms with Crippen LogP contribution in [-0.4, -0.2) is 38.4 Å². The van der Waals surface area contributed by atoms with E-state index >= 15 is 0 Å². The van der Waals surface area contributed by atoms with Crippen LogP contribution < -0.4 is 0 Å². The fourth-order valence-corrected chi connectivity index (χ4v) is 8.00. The fourth-order valence-electron chi connectivity index (χ4n) is 6.12. The molecule has 1 aromatic carbocycles. The molecule has 216 valence electrons. The number of carbonyl (C=O) groups is 2. The Morgan fingerprint density at radius 2 is 1.28 bits per heavy atom. The van der Waals surface area contributed by atoms with Crippen molar-refractivity contribution >= 4 is 21.8 Å². The van der Waals surface area contributed by atoms with Crippen molar-refractivity contribution in [2.45, 2.75) is 120 Å². The number of unbranched alkanes of at least 4 members (excludes halogenated alkanes) is 2. The second-order valence-electron chi connectivity index (χ2n) is 11.5. The highest BCUT2D eigenvalue weighted by Gasteiger charge is 2.52. The third kappa shape index (κ3) is 6.67. The molecule has 2 fully saturated rings. The summed E-state index contributed by atoms with van der Waals surface area (Å²) in [6, 6.07) is 6.72. The SMILES string of the molecule is [C-]#[N+]C(CCCCC1(C(=O)OCC)CCC1)(CCCCC1(C(=O)OCC)CCC1)S(=O)(=O)c1ccc(C)cc1. The summed E-state index contributed by atoms with van der Waals surface area (Å²) in [4.78, 5) is 27.5. The molecule has 0 aliphatic heterocycles. The molecule has 0 unspecified atom stereocenters. The van der Waals surface area contributed by atoms with Crippen LogP contribution in [0.3, 0.4) is 0 Å². The number of rotatable bonds is 16. The highest BCUT2D eigenvalue weighted by Crippen LogP contribution is 2.48. The molecular formula is C31H45NO6S. The predicted octanol–water partition coefficient (Wildman–Crippen LogP) is 6.97. The molecule has 3 rings (SSSR count). The smallest absolute Gasteiger partial charge is 0.333 e. The average Bonchev–Trinajstić information content (AvgIpc) is 2.85. The predicted molar refractivity (Wildman–Crippen MR) is 150 cm³/mol. The maximum Gasteiger partial charge on any atom is 0.333 e. The van der Waals surface area contributed by atoms with Gasteiger partial charge in [-0.1, -0.05) is 43.4 Å². The zero-order valence-electron chi connectivity index (χ0n) is 23.9. The first-order chi connectivity index (χ1) is 18.6. The summed E-state index contributed by atoms with van der Waals surface area (Å²) in [6.07, 6.45) is 9.42. The Morgan fingerprint density at radius 3 is 1.62 bits per heavy atom. The number of carbonyl (C=O) groups excluding carboxylic acids is 2. The quantitative estimate of drug-likeness (QED) is 0.123. The van der Waals surface area contributed by atoms with E-state index < -0.39 is 25.5 Å². The van der Waals surface area contributed by atoms with Crippen molar-refractivity contribution in [1.82, 2.24) is 0 Å². The van der Waals surface area contributed by atoms with Gasteiger partial charge in [0.2, 0.25) is 0 Å². The van der Waals surface area contributed by atoms with E-state index in [-0.39, 0.29) is 29.7 Å². The maximum atomic E-state index is 13.9. The molecule has 39 heavy (non-hydrogen) atoms. The van der Waals surface area contributed by atoms with Gasteiger partial charge >= 0.3 is 16.8 Å². The van der Waals surface area contributed by atoms with Crippen LogP contribution in [0.5, 0.6) is 0 Å². The molecule has 0 N–H and O–H groups in total. The lowest BCUT2D eigenvalue weighted by molar-refractivity contribution is -0.162. The van der Waals surface area contributed by atoms with E-state index in [9.17, 15) is 18.0 Å². The number of ether oxygens (including phenoxy) is 2. The van der Waals surface area contributed by atoms with Crippen molar-refractivity contribution in [1.29, 1.82) is 0 Å². The topological polar surface area (TPSA) is 91.1 Å². The summed E-state index contributed by atoms with van der Waals surface area (Å²) in [5.41, 5.74) is 0.0602. The number of nitrogens with zero attached hydrogens (tertiary/aromatic N) is 1. The molecular weight excluding hydrogens is 514 g/mol. The van der Waals surface area contributed by atoms with Gasteiger partial charge < -0.3 is 9.47 Å². The van der Waals surface area contributed by atoms with Crippen LogP contribution in [0.25, 0.3) is 4.85 Å². The van der Waals surface area contributed by atoms with Crippen LogP contribution in [0.2, 0.25) is 0 Å². The molecule has 8 heteroatoms. The van der Waals surface area contributed by atoms with Crippen LogP contribution in [-0.2, 0) is 28.9 Å². The Hall–Kier alpha value is -2.40. The van der Waals surface area contributed by atoms with Crippen molar-refractivity contribution in [3.63, 3.8) is 0 Å². The molecule has 7 nitrogen and oxygen atoms in total. The van der Waals surface area contributed by atoms with Crippen molar-refractivity contribution in [2.75, 3.05) is 13.2 Å². The minimum absolute atomic E-state index is 0.147. The van der Waals surface area contributed by atoms with E-state index in [4.69, 9.17) is 16.0 Å². The molecule has 0 heterocycles. The Bertz CT molecular complexity index is 1080. The van der Waals surface area contributed by atoms with Crippen LogP contribution >= 0.6 is 0 Å². The Morgan fingerprint density at radius 1 is 0.846 bits per heavy atom. The second kappa shape index (κ2) is 13.3. The highest BCUT2D eigenvalue weighted by atomic mass is 32.2. The average molecular weight is 560 g/mol. The summed E-state index contributed by atoms with van der Waals surface area (Å²) in [7, 11) is -3.93. The van der Waals surface area contributed by atoms with E-state index in [1.807, 2.05) is 20.8 Å². The molecule has 0 amide bonds. The largest absolute Gasteiger partial charge is 0.466 e. The van der Waals surface area contributed by atoms with Gasteiger partial charge in [0.15, 0.2) is 0 Å². The summed E-state index contributed by atoms with van der Waals surface area (Å²) in [6.45, 7) is 14.3. The van der Waals surface area contributed by atoms with Crippen LogP contribution in [0.1, 0.15) is 109 Å². The normalized spacial score (nSPS) is 17.8. The molecule has 0 atom stereocenters. The van der Waals surface area contributed by atoms with E-state index in [2.05, 4.69) is 4.85 Å². The Kier molecular flexibility index (Phi) is 10.6. The number of esters is 2. The van der Waals surface area contributed by atoms with Gasteiger partial charge in [-0.2, -0.15) is 0 Å². The number of hydrogen-bond acceptors (Lipinski definition) is 6. The van der Waals surface area contributed by atoms with Gasteiger partial charge in [-0.3, -0.25) is 14.4 Å². The standard InChI is InChI=1S/C31H45NO6S/c1-5-37-27(33)29(19-11-20-29)17-7-9-23-31(32-4,39(35,36)26-15-13-25(3)14-16-26)24-10-8-18-30(21-12-22-30)28(34)38-6-2/h13-16H,5-12,17-24H2,1-3H3. The third-order valence-electron chi connectivity index (χ3n) is 9.02. The highest BCUT2D eigenvalue weighted by molar-refractivity contribution is 7.93. The van der Waals surface area contributed by atoms with Gasteiger partial charge in [0.05, 0.1) is 28.9 Å². The molecule has 0 aromatic heterocycles. The lowest BCUT2D eigenvalue weighted by Gasteiger charge is -2.39. The Labute approximate surface area is 234 Å². The van der Waals surface area contributed by atoms with E-state index in [1.54, 1.807) is 24.3 Å². The summed E-state index contributed by atoms with van der Waals surface area (Å²) >= 11 is 0. The van der Waals surface area contributed by atoms with Gasteiger partial charge in [-0.05, 0) is 84.3 Å². The van der Waals surface area contributed by atoms with E-state index in [0.717, 1.165) is 44.1 Å². The number of aryl methyl sites for hydroxylation is 1. The van der Waals surface area contributed by atoms with Crippen molar-refractivity contribution in [2.24, 2.45) is 10.8 Å². The van der Waals surface area contributed by atoms with Gasteiger partial charge in [0, 0.05) is 12.8 Å². The molecule has 0 saturated heterocycles. The zero-order chi connectivity index (χ0) is 28.6. The minimum atomic E-state index is -3.93. The molecule has 0 bridgehead atoms. The molecule has 2 aliphatic rings. The van der Waals surface area contributed by atoms with Gasteiger partial charge in [-0.25, -0.2) is 15.0 Å². The summed E-state index contributed by atoms with van der Waals surface area (Å²) in [5.74, 6) is -0.294. The molecule has 0 spiro atoms. The summed E-state index contributed by atoms with van der Waals surface area (Å²) in [5, 5.41) is 0. The number of benzene rings is 1. The van der Waals surface area contributed by atoms with Gasteiger partial charge in [0.25, 0.3) is 9.84 Å². The van der Waals surface area contributed by atoms with Crippen molar-refractivity contribution < 1.29 is 27.5 Å². The fraction of sp³-hybridized carbons (Fsp3) is 0.710. The Balaban J connectivity index is 1.71. The minimum Gasteiger partial charge on any atom is -0.466 e. The maximum absolute atomic E-state index is 13.9. The summed E-state index contributed by atoms with van der Waals surface area (Å²) < 4.78 is 38.5. The van der Waals surface area contributed by atoms with Crippen LogP contribution in [0.4, 0.5) is 0 Å². The van der Waals surface area contributed by atoms with Crippen molar-refractivity contribution in [3.05, 3.63) is 41.2 Å². The first-order valence-electron chi connectivity index (χ1n) is 14.6. The number of sulfone groups is 1. The lowest BCUT2D eigenvalue weighted by Crippen LogP contribution is -2.40. The molecule has 2 aliphatic carbocycles. The zero-order valence-corrected chi connectivity index (χ0v) is 24.7. The van der Waals surface area contributed by atoms with Crippen LogP contribution in [0, 0.1) is 24.3 Å². The van der Waals surface area contributed by atoms with E-state index in [1.165, 1.54) is 0 Å². The van der Waals surface area contributed by atoms with Crippen molar-refractivity contribution in [3.8, 4) is 0 Å². The molecule has 0 radical (unpaired) electrons. The second-order valence-corrected chi connectivity index (χ2v) is 13.7. The lowest BCUT2D eigenvalue weighted by atomic mass is 9.65. The molecule has 2 saturated carbocycles. The van der Waals surface area contributed by atoms with Gasteiger partial charge in [0.1, 0.15) is 0 Å². The monoisotopic (exact) mass is 559 g/mol. The van der Waals surface area contributed by atoms with Crippen LogP contribution in [0.15, 0.2) is 29.2 Å².